The summed E-state index contributed by atoms with van der Waals surface area (Å²) in [5, 5.41) is 2.93. The average molecular weight is 315 g/mol. The number of aromatic nitrogens is 2. The van der Waals surface area contributed by atoms with Crippen molar-refractivity contribution in [1.29, 1.82) is 0 Å². The third-order valence-corrected chi connectivity index (χ3v) is 5.19. The van der Waals surface area contributed by atoms with Crippen LogP contribution < -0.4 is 5.32 Å². The third kappa shape index (κ3) is 4.02. The molecule has 1 aliphatic heterocycles. The van der Waals surface area contributed by atoms with Crippen LogP contribution in [0.1, 0.15) is 13.3 Å². The lowest BCUT2D eigenvalue weighted by Crippen LogP contribution is -2.51. The van der Waals surface area contributed by atoms with E-state index >= 15 is 0 Å². The SMILES string of the molecule is CCCNC(=O)CN1CCN(S(=O)(=O)c2cnc[nH]2)CC1. The molecule has 1 saturated heterocycles. The van der Waals surface area contributed by atoms with E-state index in [0.29, 0.717) is 39.3 Å². The molecule has 9 heteroatoms. The maximum atomic E-state index is 12.3. The molecule has 2 heterocycles. The number of carbonyl (C=O) groups is 1. The summed E-state index contributed by atoms with van der Waals surface area (Å²) in [6.07, 6.45) is 3.56. The van der Waals surface area contributed by atoms with Crippen LogP contribution in [-0.4, -0.2) is 72.8 Å². The molecule has 0 aliphatic carbocycles. The lowest BCUT2D eigenvalue weighted by molar-refractivity contribution is -0.122. The number of imidazole rings is 1. The molecule has 8 nitrogen and oxygen atoms in total. The van der Waals surface area contributed by atoms with Crippen LogP contribution in [0.5, 0.6) is 0 Å². The molecule has 0 spiro atoms. The summed E-state index contributed by atoms with van der Waals surface area (Å²) in [5.41, 5.74) is 0. The second-order valence-electron chi connectivity index (χ2n) is 4.95. The zero-order valence-electron chi connectivity index (χ0n) is 12.1. The molecule has 1 fully saturated rings. The first-order valence-electron chi connectivity index (χ1n) is 7.01. The van der Waals surface area contributed by atoms with Gasteiger partial charge in [-0.3, -0.25) is 9.69 Å². The Labute approximate surface area is 124 Å². The van der Waals surface area contributed by atoms with E-state index in [2.05, 4.69) is 15.3 Å². The highest BCUT2D eigenvalue weighted by Crippen LogP contribution is 2.14. The number of amides is 1. The Hall–Kier alpha value is -1.45. The van der Waals surface area contributed by atoms with Crippen LogP contribution in [0.3, 0.4) is 0 Å². The zero-order valence-corrected chi connectivity index (χ0v) is 12.9. The summed E-state index contributed by atoms with van der Waals surface area (Å²) in [5.74, 6) is -0.0123. The van der Waals surface area contributed by atoms with E-state index in [0.717, 1.165) is 6.42 Å². The minimum Gasteiger partial charge on any atom is -0.355 e. The summed E-state index contributed by atoms with van der Waals surface area (Å²) < 4.78 is 26.0. The van der Waals surface area contributed by atoms with E-state index in [1.807, 2.05) is 11.8 Å². The van der Waals surface area contributed by atoms with E-state index in [4.69, 9.17) is 0 Å². The molecule has 1 aromatic heterocycles. The Morgan fingerprint density at radius 1 is 1.38 bits per heavy atom. The second kappa shape index (κ2) is 7.01. The predicted octanol–water partition coefficient (Wildman–Crippen LogP) is -0.758. The summed E-state index contributed by atoms with van der Waals surface area (Å²) in [6, 6.07) is 0. The van der Waals surface area contributed by atoms with Gasteiger partial charge in [-0.25, -0.2) is 13.4 Å². The number of hydrogen-bond donors (Lipinski definition) is 2. The minimum atomic E-state index is -3.50. The van der Waals surface area contributed by atoms with Gasteiger partial charge >= 0.3 is 0 Å². The van der Waals surface area contributed by atoms with Gasteiger partial charge < -0.3 is 10.3 Å². The largest absolute Gasteiger partial charge is 0.355 e. The molecule has 0 radical (unpaired) electrons. The number of nitrogens with zero attached hydrogens (tertiary/aromatic N) is 3. The van der Waals surface area contributed by atoms with Crippen LogP contribution in [-0.2, 0) is 14.8 Å². The lowest BCUT2D eigenvalue weighted by atomic mass is 10.3. The highest BCUT2D eigenvalue weighted by molar-refractivity contribution is 7.89. The van der Waals surface area contributed by atoms with Crippen LogP contribution in [0.25, 0.3) is 0 Å². The minimum absolute atomic E-state index is 0.0123. The van der Waals surface area contributed by atoms with Crippen LogP contribution in [0, 0.1) is 0 Å². The van der Waals surface area contributed by atoms with Gasteiger partial charge in [0.1, 0.15) is 0 Å². The standard InChI is InChI=1S/C12H21N5O3S/c1-2-3-14-11(18)9-16-4-6-17(7-5-16)21(19,20)12-8-13-10-15-12/h8,10H,2-7,9H2,1H3,(H,13,15)(H,14,18). The van der Waals surface area contributed by atoms with Crippen molar-refractivity contribution in [2.24, 2.45) is 0 Å². The molecule has 0 unspecified atom stereocenters. The summed E-state index contributed by atoms with van der Waals surface area (Å²) in [4.78, 5) is 20.0. The van der Waals surface area contributed by atoms with Crippen molar-refractivity contribution in [1.82, 2.24) is 24.5 Å². The van der Waals surface area contributed by atoms with Gasteiger partial charge in [0, 0.05) is 32.7 Å². The number of rotatable bonds is 6. The van der Waals surface area contributed by atoms with Gasteiger partial charge in [-0.15, -0.1) is 0 Å². The Bertz CT molecular complexity index is 549. The van der Waals surface area contributed by atoms with Crippen LogP contribution in [0.4, 0.5) is 0 Å². The van der Waals surface area contributed by atoms with E-state index in [1.165, 1.54) is 16.8 Å². The first-order valence-corrected chi connectivity index (χ1v) is 8.45. The fourth-order valence-corrected chi connectivity index (χ4v) is 3.49. The fraction of sp³-hybridized carbons (Fsp3) is 0.667. The van der Waals surface area contributed by atoms with Crippen molar-refractivity contribution < 1.29 is 13.2 Å². The molecule has 1 aliphatic rings. The Kier molecular flexibility index (Phi) is 5.32. The Morgan fingerprint density at radius 3 is 2.67 bits per heavy atom. The Balaban J connectivity index is 1.85. The quantitative estimate of drug-likeness (QED) is 0.719. The number of nitrogens with one attached hydrogen (secondary N) is 2. The van der Waals surface area contributed by atoms with E-state index < -0.39 is 10.0 Å². The highest BCUT2D eigenvalue weighted by atomic mass is 32.2. The molecule has 0 atom stereocenters. The number of carbonyl (C=O) groups excluding carboxylic acids is 1. The summed E-state index contributed by atoms with van der Waals surface area (Å²) in [7, 11) is -3.50. The summed E-state index contributed by atoms with van der Waals surface area (Å²) >= 11 is 0. The van der Waals surface area contributed by atoms with Gasteiger partial charge in [-0.1, -0.05) is 6.92 Å². The topological polar surface area (TPSA) is 98.4 Å². The van der Waals surface area contributed by atoms with Crippen molar-refractivity contribution in [2.45, 2.75) is 18.4 Å². The van der Waals surface area contributed by atoms with Gasteiger partial charge in [-0.05, 0) is 6.42 Å². The molecule has 2 N–H and O–H groups in total. The van der Waals surface area contributed by atoms with Crippen LogP contribution >= 0.6 is 0 Å². The number of piperazine rings is 1. The highest BCUT2D eigenvalue weighted by Gasteiger charge is 2.29. The maximum Gasteiger partial charge on any atom is 0.260 e. The molecular formula is C12H21N5O3S. The number of aromatic amines is 1. The Morgan fingerprint density at radius 2 is 2.10 bits per heavy atom. The van der Waals surface area contributed by atoms with Crippen molar-refractivity contribution in [3.63, 3.8) is 0 Å². The van der Waals surface area contributed by atoms with Crippen LogP contribution in [0.2, 0.25) is 0 Å². The van der Waals surface area contributed by atoms with E-state index in [9.17, 15) is 13.2 Å². The molecule has 0 saturated carbocycles. The number of hydrogen-bond acceptors (Lipinski definition) is 5. The van der Waals surface area contributed by atoms with Crippen molar-refractivity contribution >= 4 is 15.9 Å². The van der Waals surface area contributed by atoms with Gasteiger partial charge in [-0.2, -0.15) is 4.31 Å². The fourth-order valence-electron chi connectivity index (χ4n) is 2.17. The van der Waals surface area contributed by atoms with Crippen molar-refractivity contribution in [3.05, 3.63) is 12.5 Å². The normalized spacial score (nSPS) is 17.8. The summed E-state index contributed by atoms with van der Waals surface area (Å²) in [6.45, 7) is 4.84. The smallest absolute Gasteiger partial charge is 0.260 e. The third-order valence-electron chi connectivity index (χ3n) is 3.36. The average Bonchev–Trinajstić information content (AvgIpc) is 3.00. The lowest BCUT2D eigenvalue weighted by Gasteiger charge is -2.33. The maximum absolute atomic E-state index is 12.3. The molecule has 118 valence electrons. The predicted molar refractivity (Wildman–Crippen MR) is 77.1 cm³/mol. The van der Waals surface area contributed by atoms with Gasteiger partial charge in [0.2, 0.25) is 5.91 Å². The van der Waals surface area contributed by atoms with Crippen LogP contribution in [0.15, 0.2) is 17.6 Å². The molecule has 1 aromatic rings. The number of sulfonamides is 1. The first kappa shape index (κ1) is 15.9. The molecule has 0 bridgehead atoms. The van der Waals surface area contributed by atoms with Gasteiger partial charge in [0.15, 0.2) is 5.03 Å². The molecule has 1 amide bonds. The first-order chi connectivity index (χ1) is 10.0. The monoisotopic (exact) mass is 315 g/mol. The molecule has 0 aromatic carbocycles. The molecule has 21 heavy (non-hydrogen) atoms. The van der Waals surface area contributed by atoms with E-state index in [-0.39, 0.29) is 10.9 Å². The second-order valence-corrected chi connectivity index (χ2v) is 6.85. The van der Waals surface area contributed by atoms with E-state index in [1.54, 1.807) is 0 Å². The molecule has 2 rings (SSSR count). The zero-order chi connectivity index (χ0) is 15.3. The van der Waals surface area contributed by atoms with Crippen molar-refractivity contribution in [2.75, 3.05) is 39.3 Å². The van der Waals surface area contributed by atoms with Crippen molar-refractivity contribution in [3.8, 4) is 0 Å². The van der Waals surface area contributed by atoms with Gasteiger partial charge in [0.25, 0.3) is 10.0 Å². The van der Waals surface area contributed by atoms with Gasteiger partial charge in [0.05, 0.1) is 19.1 Å². The number of H-pyrrole nitrogens is 1. The molecular weight excluding hydrogens is 294 g/mol.